The van der Waals surface area contributed by atoms with Crippen LogP contribution in [0.2, 0.25) is 0 Å². The first-order chi connectivity index (χ1) is 12.4. The molecule has 26 heavy (non-hydrogen) atoms. The maximum atomic E-state index is 12.2. The minimum Gasteiger partial charge on any atom is -0.449 e. The summed E-state index contributed by atoms with van der Waals surface area (Å²) in [5.74, 6) is -1.17. The molecule has 0 aliphatic heterocycles. The summed E-state index contributed by atoms with van der Waals surface area (Å²) in [6.45, 7) is 3.39. The van der Waals surface area contributed by atoms with E-state index in [-0.39, 0.29) is 5.78 Å². The second-order valence-corrected chi connectivity index (χ2v) is 5.80. The zero-order valence-electron chi connectivity index (χ0n) is 14.9. The van der Waals surface area contributed by atoms with Crippen molar-refractivity contribution in [1.82, 2.24) is 0 Å². The molecule has 0 unspecified atom stereocenters. The maximum Gasteiger partial charge on any atom is 0.338 e. The highest BCUT2D eigenvalue weighted by Gasteiger charge is 2.19. The number of carbonyl (C=O) groups excluding carboxylic acids is 3. The number of Topliss-reactive ketones (excluding diaryl/α,β-unsaturated/α-hetero) is 1. The van der Waals surface area contributed by atoms with Crippen LogP contribution >= 0.6 is 0 Å². The Hall–Kier alpha value is -2.99. The number of hydrogen-bond donors (Lipinski definition) is 1. The van der Waals surface area contributed by atoms with E-state index in [1.54, 1.807) is 55.6 Å². The van der Waals surface area contributed by atoms with Crippen molar-refractivity contribution in [2.75, 3.05) is 12.4 Å². The number of amides is 1. The summed E-state index contributed by atoms with van der Waals surface area (Å²) in [5, 5.41) is 2.63. The molecule has 0 radical (unpaired) electrons. The summed E-state index contributed by atoms with van der Waals surface area (Å²) >= 11 is 0. The molecule has 136 valence electrons. The van der Waals surface area contributed by atoms with Gasteiger partial charge in [0.25, 0.3) is 5.91 Å². The van der Waals surface area contributed by atoms with Crippen molar-refractivity contribution in [2.45, 2.75) is 26.6 Å². The molecule has 2 aromatic rings. The molecule has 1 amide bonds. The molecular formula is C20H21NO5. The fourth-order valence-electron chi connectivity index (χ4n) is 2.25. The fraction of sp³-hybridized carbons (Fsp3) is 0.250. The zero-order chi connectivity index (χ0) is 19.1. The molecule has 1 N–H and O–H groups in total. The number of hydrogen-bond acceptors (Lipinski definition) is 5. The highest BCUT2D eigenvalue weighted by atomic mass is 16.5. The first-order valence-electron chi connectivity index (χ1n) is 8.11. The topological polar surface area (TPSA) is 81.7 Å². The molecule has 1 atom stereocenters. The number of nitrogens with one attached hydrogen (secondary N) is 1. The number of rotatable bonds is 7. The second-order valence-electron chi connectivity index (χ2n) is 5.80. The maximum absolute atomic E-state index is 12.2. The summed E-state index contributed by atoms with van der Waals surface area (Å²) in [7, 11) is 1.59. The Bertz CT molecular complexity index is 798. The van der Waals surface area contributed by atoms with Gasteiger partial charge in [-0.25, -0.2) is 4.79 Å². The van der Waals surface area contributed by atoms with Crippen molar-refractivity contribution in [2.24, 2.45) is 0 Å². The summed E-state index contributed by atoms with van der Waals surface area (Å²) in [4.78, 5) is 35.8. The van der Waals surface area contributed by atoms with Crippen molar-refractivity contribution in [1.29, 1.82) is 0 Å². The highest BCUT2D eigenvalue weighted by molar-refractivity contribution is 5.99. The van der Waals surface area contributed by atoms with Crippen molar-refractivity contribution >= 4 is 23.3 Å². The summed E-state index contributed by atoms with van der Waals surface area (Å²) < 4.78 is 10.2. The van der Waals surface area contributed by atoms with E-state index >= 15 is 0 Å². The minimum absolute atomic E-state index is 0.0995. The molecule has 0 spiro atoms. The van der Waals surface area contributed by atoms with Crippen LogP contribution in [0.15, 0.2) is 48.5 Å². The molecule has 0 aliphatic rings. The van der Waals surface area contributed by atoms with Gasteiger partial charge < -0.3 is 14.8 Å². The van der Waals surface area contributed by atoms with Crippen LogP contribution in [0.4, 0.5) is 5.69 Å². The highest BCUT2D eigenvalue weighted by Crippen LogP contribution is 2.13. The average Bonchev–Trinajstić information content (AvgIpc) is 2.62. The van der Waals surface area contributed by atoms with E-state index in [9.17, 15) is 14.4 Å². The van der Waals surface area contributed by atoms with Crippen LogP contribution < -0.4 is 5.32 Å². The lowest BCUT2D eigenvalue weighted by Gasteiger charge is -2.14. The lowest BCUT2D eigenvalue weighted by molar-refractivity contribution is -0.123. The Morgan fingerprint density at radius 3 is 2.35 bits per heavy atom. The van der Waals surface area contributed by atoms with Gasteiger partial charge in [-0.3, -0.25) is 9.59 Å². The number of ketones is 1. The van der Waals surface area contributed by atoms with Crippen molar-refractivity contribution in [3.8, 4) is 0 Å². The molecule has 2 rings (SSSR count). The van der Waals surface area contributed by atoms with Crippen LogP contribution in [0.25, 0.3) is 0 Å². The predicted molar refractivity (Wildman–Crippen MR) is 97.1 cm³/mol. The fourth-order valence-corrected chi connectivity index (χ4v) is 2.25. The Kier molecular flexibility index (Phi) is 6.63. The third kappa shape index (κ3) is 5.26. The molecule has 0 heterocycles. The Morgan fingerprint density at radius 2 is 1.73 bits per heavy atom. The first kappa shape index (κ1) is 19.3. The molecule has 0 aliphatic carbocycles. The average molecular weight is 355 g/mol. The minimum atomic E-state index is -0.984. The van der Waals surface area contributed by atoms with Crippen LogP contribution in [-0.4, -0.2) is 30.9 Å². The molecule has 0 saturated carbocycles. The quantitative estimate of drug-likeness (QED) is 0.609. The third-order valence-electron chi connectivity index (χ3n) is 3.69. The molecule has 6 nitrogen and oxygen atoms in total. The van der Waals surface area contributed by atoms with Gasteiger partial charge in [0, 0.05) is 18.4 Å². The normalized spacial score (nSPS) is 11.5. The third-order valence-corrected chi connectivity index (χ3v) is 3.69. The molecule has 0 bridgehead atoms. The van der Waals surface area contributed by atoms with Gasteiger partial charge in [0.05, 0.1) is 12.2 Å². The lowest BCUT2D eigenvalue weighted by atomic mass is 10.1. The van der Waals surface area contributed by atoms with Gasteiger partial charge in [0.1, 0.15) is 0 Å². The van der Waals surface area contributed by atoms with Gasteiger partial charge in [-0.1, -0.05) is 24.3 Å². The van der Waals surface area contributed by atoms with Gasteiger partial charge in [-0.05, 0) is 43.7 Å². The Morgan fingerprint density at radius 1 is 1.04 bits per heavy atom. The zero-order valence-corrected chi connectivity index (χ0v) is 14.9. The van der Waals surface area contributed by atoms with Crippen molar-refractivity contribution in [3.05, 3.63) is 65.2 Å². The molecule has 2 aromatic carbocycles. The van der Waals surface area contributed by atoms with E-state index in [2.05, 4.69) is 5.32 Å². The smallest absolute Gasteiger partial charge is 0.338 e. The Balaban J connectivity index is 1.96. The Labute approximate surface area is 152 Å². The number of methoxy groups -OCH3 is 1. The van der Waals surface area contributed by atoms with E-state index in [0.29, 0.717) is 23.4 Å². The van der Waals surface area contributed by atoms with Gasteiger partial charge in [0.15, 0.2) is 11.9 Å². The van der Waals surface area contributed by atoms with Gasteiger partial charge in [0.2, 0.25) is 0 Å². The number of benzene rings is 2. The SMILES string of the molecule is COCc1ccc(C(=O)O[C@H](C)C(=O)Nc2cccc(C(C)=O)c2)cc1. The van der Waals surface area contributed by atoms with Crippen molar-refractivity contribution < 1.29 is 23.9 Å². The van der Waals surface area contributed by atoms with E-state index in [1.165, 1.54) is 13.8 Å². The van der Waals surface area contributed by atoms with Crippen LogP contribution in [-0.2, 0) is 20.9 Å². The summed E-state index contributed by atoms with van der Waals surface area (Å²) in [5.41, 5.74) is 2.24. The summed E-state index contributed by atoms with van der Waals surface area (Å²) in [6, 6.07) is 13.3. The van der Waals surface area contributed by atoms with Crippen LogP contribution in [0.1, 0.15) is 40.1 Å². The first-order valence-corrected chi connectivity index (χ1v) is 8.11. The van der Waals surface area contributed by atoms with Gasteiger partial charge in [-0.2, -0.15) is 0 Å². The van der Waals surface area contributed by atoms with E-state index in [4.69, 9.17) is 9.47 Å². The standard InChI is InChI=1S/C20H21NO5/c1-13(22)17-5-4-6-18(11-17)21-19(23)14(2)26-20(24)16-9-7-15(8-10-16)12-25-3/h4-11,14H,12H2,1-3H3,(H,21,23)/t14-/m1/s1. The predicted octanol–water partition coefficient (Wildman–Crippen LogP) is 3.22. The second kappa shape index (κ2) is 8.92. The molecule has 0 fully saturated rings. The van der Waals surface area contributed by atoms with E-state index in [0.717, 1.165) is 5.56 Å². The van der Waals surface area contributed by atoms with Crippen molar-refractivity contribution in [3.63, 3.8) is 0 Å². The van der Waals surface area contributed by atoms with E-state index in [1.807, 2.05) is 0 Å². The van der Waals surface area contributed by atoms with Crippen LogP contribution in [0, 0.1) is 0 Å². The molecule has 0 aromatic heterocycles. The van der Waals surface area contributed by atoms with Gasteiger partial charge >= 0.3 is 5.97 Å². The molecular weight excluding hydrogens is 334 g/mol. The number of anilines is 1. The largest absolute Gasteiger partial charge is 0.449 e. The number of ether oxygens (including phenoxy) is 2. The van der Waals surface area contributed by atoms with Crippen LogP contribution in [0.5, 0.6) is 0 Å². The van der Waals surface area contributed by atoms with Gasteiger partial charge in [-0.15, -0.1) is 0 Å². The molecule has 6 heteroatoms. The number of carbonyl (C=O) groups is 3. The van der Waals surface area contributed by atoms with E-state index < -0.39 is 18.0 Å². The molecule has 0 saturated heterocycles. The lowest BCUT2D eigenvalue weighted by Crippen LogP contribution is -2.30. The number of esters is 1. The summed E-state index contributed by atoms with van der Waals surface area (Å²) in [6.07, 6.45) is -0.984. The monoisotopic (exact) mass is 355 g/mol. The van der Waals surface area contributed by atoms with Crippen LogP contribution in [0.3, 0.4) is 0 Å².